The molecule has 256 valence electrons. The molecule has 4 amide bonds. The van der Waals surface area contributed by atoms with Crippen LogP contribution in [0.2, 0.25) is 0 Å². The number of amides is 4. The fraction of sp³-hybridized carbons (Fsp3) is 0.500. The fourth-order valence-electron chi connectivity index (χ4n) is 3.53. The highest BCUT2D eigenvalue weighted by atomic mass is 33.1. The van der Waals surface area contributed by atoms with Crippen LogP contribution in [0.1, 0.15) is 72.1 Å². The summed E-state index contributed by atoms with van der Waals surface area (Å²) in [6.07, 6.45) is 32.3. The Bertz CT molecular complexity index is 1090. The number of carboxylic acids is 1. The predicted octanol–water partition coefficient (Wildman–Crippen LogP) is 5.17. The van der Waals surface area contributed by atoms with Gasteiger partial charge in [0.15, 0.2) is 0 Å². The van der Waals surface area contributed by atoms with Crippen molar-refractivity contribution < 1.29 is 29.1 Å². The van der Waals surface area contributed by atoms with Crippen molar-refractivity contribution in [3.05, 3.63) is 72.9 Å². The maximum atomic E-state index is 12.5. The van der Waals surface area contributed by atoms with E-state index in [9.17, 15) is 24.0 Å². The van der Waals surface area contributed by atoms with Crippen molar-refractivity contribution >= 4 is 51.2 Å². The number of carbonyl (C=O) groups excluding carboxylic acids is 4. The molecule has 0 saturated carbocycles. The second-order valence-electron chi connectivity index (χ2n) is 10.0. The lowest BCUT2D eigenvalue weighted by molar-refractivity contribution is -0.140. The van der Waals surface area contributed by atoms with Crippen LogP contribution in [0.25, 0.3) is 0 Å². The quantitative estimate of drug-likeness (QED) is 0.0478. The maximum Gasteiger partial charge on any atom is 0.327 e. The van der Waals surface area contributed by atoms with Crippen molar-refractivity contribution in [1.29, 1.82) is 0 Å². The third kappa shape index (κ3) is 28.0. The Morgan fingerprint density at radius 2 is 1.02 bits per heavy atom. The second-order valence-corrected chi connectivity index (χ2v) is 12.6. The summed E-state index contributed by atoms with van der Waals surface area (Å²) in [7, 11) is 2.39. The smallest absolute Gasteiger partial charge is 0.327 e. The Kier molecular flexibility index (Phi) is 27.9. The van der Waals surface area contributed by atoms with Crippen LogP contribution in [0.5, 0.6) is 0 Å². The Hall–Kier alpha value is -3.51. The zero-order chi connectivity index (χ0) is 34.3. The van der Waals surface area contributed by atoms with E-state index < -0.39 is 29.9 Å². The van der Waals surface area contributed by atoms with Crippen molar-refractivity contribution in [2.45, 2.75) is 84.2 Å². The van der Waals surface area contributed by atoms with Crippen LogP contribution >= 0.6 is 21.6 Å². The molecule has 0 spiro atoms. The minimum Gasteiger partial charge on any atom is -0.480 e. The molecule has 0 unspecified atom stereocenters. The van der Waals surface area contributed by atoms with Gasteiger partial charge in [0, 0.05) is 44.9 Å². The summed E-state index contributed by atoms with van der Waals surface area (Å²) in [5.41, 5.74) is 0. The van der Waals surface area contributed by atoms with Gasteiger partial charge in [0.1, 0.15) is 12.1 Å². The molecule has 0 aromatic carbocycles. The van der Waals surface area contributed by atoms with Crippen molar-refractivity contribution in [3.8, 4) is 0 Å². The summed E-state index contributed by atoms with van der Waals surface area (Å²) in [6.45, 7) is 5.12. The van der Waals surface area contributed by atoms with Gasteiger partial charge in [-0.05, 0) is 44.9 Å². The lowest BCUT2D eigenvalue weighted by atomic mass is 10.2. The number of hydrogen-bond donors (Lipinski definition) is 5. The highest BCUT2D eigenvalue weighted by Gasteiger charge is 2.22. The molecule has 2 atom stereocenters. The molecule has 0 radical (unpaired) electrons. The minimum atomic E-state index is -1.15. The molecular weight excluding hydrogens is 625 g/mol. The fourth-order valence-corrected chi connectivity index (χ4v) is 5.85. The van der Waals surface area contributed by atoms with Gasteiger partial charge in [0.05, 0.1) is 0 Å². The summed E-state index contributed by atoms with van der Waals surface area (Å²) < 4.78 is 0. The zero-order valence-electron chi connectivity index (χ0n) is 27.4. The van der Waals surface area contributed by atoms with Crippen LogP contribution < -0.4 is 21.3 Å². The Balaban J connectivity index is 4.06. The van der Waals surface area contributed by atoms with Crippen molar-refractivity contribution in [2.75, 3.05) is 24.6 Å². The Morgan fingerprint density at radius 1 is 0.609 bits per heavy atom. The lowest BCUT2D eigenvalue weighted by Gasteiger charge is -2.18. The van der Waals surface area contributed by atoms with E-state index in [-0.39, 0.29) is 36.4 Å². The first-order valence-corrected chi connectivity index (χ1v) is 18.1. The number of allylic oxidation sites excluding steroid dienone is 12. The van der Waals surface area contributed by atoms with Gasteiger partial charge < -0.3 is 26.4 Å². The number of rotatable bonds is 26. The van der Waals surface area contributed by atoms with E-state index in [2.05, 4.69) is 89.0 Å². The highest BCUT2D eigenvalue weighted by molar-refractivity contribution is 8.76. The average Bonchev–Trinajstić information content (AvgIpc) is 3.00. The van der Waals surface area contributed by atoms with E-state index in [1.54, 1.807) is 0 Å². The number of carboxylic acid groups (broad SMARTS) is 1. The van der Waals surface area contributed by atoms with Crippen molar-refractivity contribution in [2.24, 2.45) is 0 Å². The average molecular weight is 677 g/mol. The van der Waals surface area contributed by atoms with E-state index in [0.29, 0.717) is 12.8 Å². The third-order valence-corrected chi connectivity index (χ3v) is 8.23. The molecule has 0 heterocycles. The summed E-state index contributed by atoms with van der Waals surface area (Å²) in [5, 5.41) is 19.5. The van der Waals surface area contributed by atoms with Crippen LogP contribution in [0.4, 0.5) is 0 Å². The van der Waals surface area contributed by atoms with Gasteiger partial charge in [-0.2, -0.15) is 0 Å². The molecule has 5 N–H and O–H groups in total. The van der Waals surface area contributed by atoms with Gasteiger partial charge in [-0.15, -0.1) is 0 Å². The summed E-state index contributed by atoms with van der Waals surface area (Å²) in [6, 6.07) is -1.88. The molecule has 0 aliphatic carbocycles. The SMILES string of the molecule is CC/C=C\C/C=C\C/C=C\C/C=C\C/C=C\C/C=C\CCC(=O)NCCNC(=O)[C@H](CSSC[C@H](NC(C)=O)C(=O)O)NC(C)=O. The monoisotopic (exact) mass is 676 g/mol. The normalized spacial score (nSPS) is 13.3. The maximum absolute atomic E-state index is 12.5. The first-order valence-electron chi connectivity index (χ1n) is 15.6. The molecule has 0 aromatic heterocycles. The van der Waals surface area contributed by atoms with E-state index in [1.807, 2.05) is 12.2 Å². The van der Waals surface area contributed by atoms with Gasteiger partial charge in [-0.25, -0.2) is 4.79 Å². The largest absolute Gasteiger partial charge is 0.480 e. The number of aliphatic carboxylic acids is 1. The minimum absolute atomic E-state index is 0.0958. The zero-order valence-corrected chi connectivity index (χ0v) is 29.0. The standard InChI is InChI=1S/C34H52N4O6S2/c1-4-5-6-7-8-9-10-11-12-13-14-15-16-17-18-19-20-21-22-23-32(41)35-24-25-36-33(42)30(37-28(2)39)26-45-46-27-31(34(43)44)38-29(3)40/h5-6,8-9,11-12,14-15,17-18,20-21,30-31H,4,7,10,13,16,19,22-27H2,1-3H3,(H,35,41)(H,36,42)(H,37,39)(H,38,40)(H,43,44)/b6-5-,9-8-,12-11-,15-14-,18-17-,21-20-/t30-,31-/m0/s1. The molecule has 0 aromatic rings. The van der Waals surface area contributed by atoms with Gasteiger partial charge in [0.25, 0.3) is 0 Å². The molecule has 0 rings (SSSR count). The number of carbonyl (C=O) groups is 5. The molecule has 0 aliphatic heterocycles. The van der Waals surface area contributed by atoms with Gasteiger partial charge in [-0.3, -0.25) is 19.2 Å². The van der Waals surface area contributed by atoms with E-state index >= 15 is 0 Å². The van der Waals surface area contributed by atoms with Crippen molar-refractivity contribution in [1.82, 2.24) is 21.3 Å². The van der Waals surface area contributed by atoms with Crippen LogP contribution in [-0.4, -0.2) is 71.4 Å². The Labute approximate surface area is 282 Å². The van der Waals surface area contributed by atoms with Crippen LogP contribution in [0, 0.1) is 0 Å². The molecule has 10 nitrogen and oxygen atoms in total. The topological polar surface area (TPSA) is 154 Å². The third-order valence-electron chi connectivity index (χ3n) is 5.80. The highest BCUT2D eigenvalue weighted by Crippen LogP contribution is 2.23. The van der Waals surface area contributed by atoms with E-state index in [1.165, 1.54) is 35.4 Å². The van der Waals surface area contributed by atoms with Gasteiger partial charge in [-0.1, -0.05) is 101 Å². The van der Waals surface area contributed by atoms with Gasteiger partial charge in [0.2, 0.25) is 23.6 Å². The Morgan fingerprint density at radius 3 is 1.48 bits per heavy atom. The summed E-state index contributed by atoms with van der Waals surface area (Å²) in [5.74, 6) is -2.22. The van der Waals surface area contributed by atoms with Gasteiger partial charge >= 0.3 is 5.97 Å². The van der Waals surface area contributed by atoms with Crippen LogP contribution in [-0.2, 0) is 24.0 Å². The molecule has 46 heavy (non-hydrogen) atoms. The van der Waals surface area contributed by atoms with E-state index in [4.69, 9.17) is 5.11 Å². The first-order chi connectivity index (χ1) is 22.2. The van der Waals surface area contributed by atoms with E-state index in [0.717, 1.165) is 38.5 Å². The van der Waals surface area contributed by atoms with Crippen LogP contribution in [0.3, 0.4) is 0 Å². The molecule has 12 heteroatoms. The first kappa shape index (κ1) is 42.5. The number of nitrogens with one attached hydrogen (secondary N) is 4. The molecule has 0 saturated heterocycles. The van der Waals surface area contributed by atoms with Crippen LogP contribution in [0.15, 0.2) is 72.9 Å². The second kappa shape index (κ2) is 30.2. The predicted molar refractivity (Wildman–Crippen MR) is 191 cm³/mol. The summed E-state index contributed by atoms with van der Waals surface area (Å²) >= 11 is 0. The molecular formula is C34H52N4O6S2. The molecule has 0 aliphatic rings. The van der Waals surface area contributed by atoms with Crippen molar-refractivity contribution in [3.63, 3.8) is 0 Å². The number of hydrogen-bond acceptors (Lipinski definition) is 7. The molecule has 0 fully saturated rings. The lowest BCUT2D eigenvalue weighted by Crippen LogP contribution is -2.49. The molecule has 0 bridgehead atoms. The summed E-state index contributed by atoms with van der Waals surface area (Å²) in [4.78, 5) is 58.5.